The first kappa shape index (κ1) is 12.5. The van der Waals surface area contributed by atoms with Crippen molar-refractivity contribution in [1.29, 1.82) is 0 Å². The van der Waals surface area contributed by atoms with Crippen LogP contribution in [0.2, 0.25) is 0 Å². The first-order chi connectivity index (χ1) is 7.98. The van der Waals surface area contributed by atoms with Crippen molar-refractivity contribution >= 4 is 5.69 Å². The second kappa shape index (κ2) is 4.72. The van der Waals surface area contributed by atoms with Crippen LogP contribution in [0.1, 0.15) is 69.9 Å². The molecule has 2 N–H and O–H groups in total. The summed E-state index contributed by atoms with van der Waals surface area (Å²) in [4.78, 5) is 0. The van der Waals surface area contributed by atoms with E-state index >= 15 is 0 Å². The predicted octanol–water partition coefficient (Wildman–Crippen LogP) is 4.61. The van der Waals surface area contributed by atoms with Gasteiger partial charge in [0.1, 0.15) is 0 Å². The Balaban J connectivity index is 2.24. The third-order valence-corrected chi connectivity index (χ3v) is 3.96. The molecule has 94 valence electrons. The zero-order valence-corrected chi connectivity index (χ0v) is 11.4. The summed E-state index contributed by atoms with van der Waals surface area (Å²) in [7, 11) is 0. The van der Waals surface area contributed by atoms with E-state index in [9.17, 15) is 0 Å². The lowest BCUT2D eigenvalue weighted by Gasteiger charge is -2.25. The molecule has 0 amide bonds. The minimum atomic E-state index is 0.148. The van der Waals surface area contributed by atoms with Crippen molar-refractivity contribution in [2.45, 2.75) is 64.2 Å². The van der Waals surface area contributed by atoms with Gasteiger partial charge < -0.3 is 5.73 Å². The minimum Gasteiger partial charge on any atom is -0.398 e. The Morgan fingerprint density at radius 2 is 1.71 bits per heavy atom. The molecular weight excluding hydrogens is 206 g/mol. The van der Waals surface area contributed by atoms with Crippen LogP contribution in [-0.2, 0) is 5.41 Å². The summed E-state index contributed by atoms with van der Waals surface area (Å²) in [6.07, 6.45) is 6.85. The molecule has 1 aromatic carbocycles. The number of anilines is 1. The quantitative estimate of drug-likeness (QED) is 0.701. The van der Waals surface area contributed by atoms with Gasteiger partial charge in [0.05, 0.1) is 0 Å². The molecule has 0 aliphatic heterocycles. The van der Waals surface area contributed by atoms with Gasteiger partial charge in [0.15, 0.2) is 0 Å². The predicted molar refractivity (Wildman–Crippen MR) is 75.4 cm³/mol. The first-order valence-electron chi connectivity index (χ1n) is 6.88. The fourth-order valence-electron chi connectivity index (χ4n) is 2.95. The van der Waals surface area contributed by atoms with Crippen LogP contribution in [0.25, 0.3) is 0 Å². The highest BCUT2D eigenvalue weighted by atomic mass is 14.6. The highest BCUT2D eigenvalue weighted by Crippen LogP contribution is 2.36. The molecule has 1 aliphatic carbocycles. The van der Waals surface area contributed by atoms with E-state index in [0.717, 1.165) is 11.6 Å². The van der Waals surface area contributed by atoms with E-state index in [1.807, 2.05) is 0 Å². The molecule has 0 radical (unpaired) electrons. The Labute approximate surface area is 105 Å². The van der Waals surface area contributed by atoms with Crippen LogP contribution >= 0.6 is 0 Å². The summed E-state index contributed by atoms with van der Waals surface area (Å²) in [5, 5.41) is 0. The Morgan fingerprint density at radius 3 is 2.24 bits per heavy atom. The summed E-state index contributed by atoms with van der Waals surface area (Å²) < 4.78 is 0. The standard InChI is InChI=1S/C16H25N/c1-16(2,3)14-10-9-13(11-15(14)17)12-7-5-4-6-8-12/h9-12H,4-8,17H2,1-3H3. The maximum Gasteiger partial charge on any atom is 0.0354 e. The van der Waals surface area contributed by atoms with E-state index in [0.29, 0.717) is 0 Å². The molecule has 0 heterocycles. The SMILES string of the molecule is CC(C)(C)c1ccc(C2CCCCC2)cc1N. The summed E-state index contributed by atoms with van der Waals surface area (Å²) in [6.45, 7) is 6.66. The van der Waals surface area contributed by atoms with Crippen molar-refractivity contribution in [3.05, 3.63) is 29.3 Å². The molecule has 0 atom stereocenters. The van der Waals surface area contributed by atoms with Gasteiger partial charge in [-0.25, -0.2) is 0 Å². The highest BCUT2D eigenvalue weighted by molar-refractivity contribution is 5.53. The number of nitrogens with two attached hydrogens (primary N) is 1. The van der Waals surface area contributed by atoms with E-state index in [2.05, 4.69) is 39.0 Å². The van der Waals surface area contributed by atoms with Crippen molar-refractivity contribution in [2.24, 2.45) is 0 Å². The summed E-state index contributed by atoms with van der Waals surface area (Å²) in [6, 6.07) is 6.75. The molecule has 1 saturated carbocycles. The monoisotopic (exact) mass is 231 g/mol. The molecule has 0 spiro atoms. The van der Waals surface area contributed by atoms with Gasteiger partial charge in [0.2, 0.25) is 0 Å². The Hall–Kier alpha value is -0.980. The summed E-state index contributed by atoms with van der Waals surface area (Å²) >= 11 is 0. The van der Waals surface area contributed by atoms with Crippen LogP contribution < -0.4 is 5.73 Å². The number of nitrogen functional groups attached to an aromatic ring is 1. The van der Waals surface area contributed by atoms with Gasteiger partial charge in [-0.05, 0) is 41.4 Å². The molecule has 1 fully saturated rings. The molecule has 1 aromatic rings. The Bertz CT molecular complexity index is 381. The van der Waals surface area contributed by atoms with Crippen molar-refractivity contribution in [3.63, 3.8) is 0 Å². The second-order valence-electron chi connectivity index (χ2n) is 6.43. The molecule has 0 bridgehead atoms. The van der Waals surface area contributed by atoms with E-state index in [1.54, 1.807) is 0 Å². The molecule has 0 unspecified atom stereocenters. The van der Waals surface area contributed by atoms with Crippen LogP contribution in [0.15, 0.2) is 18.2 Å². The van der Waals surface area contributed by atoms with E-state index in [1.165, 1.54) is 43.2 Å². The number of rotatable bonds is 1. The molecule has 1 heteroatoms. The smallest absolute Gasteiger partial charge is 0.0354 e. The highest BCUT2D eigenvalue weighted by Gasteiger charge is 2.20. The minimum absolute atomic E-state index is 0.148. The fourth-order valence-corrected chi connectivity index (χ4v) is 2.95. The maximum absolute atomic E-state index is 6.21. The lowest BCUT2D eigenvalue weighted by molar-refractivity contribution is 0.443. The van der Waals surface area contributed by atoms with Crippen molar-refractivity contribution in [3.8, 4) is 0 Å². The number of hydrogen-bond acceptors (Lipinski definition) is 1. The van der Waals surface area contributed by atoms with Crippen LogP contribution in [0.3, 0.4) is 0 Å². The number of benzene rings is 1. The van der Waals surface area contributed by atoms with Crippen molar-refractivity contribution in [2.75, 3.05) is 5.73 Å². The van der Waals surface area contributed by atoms with Gasteiger partial charge in [-0.3, -0.25) is 0 Å². The fraction of sp³-hybridized carbons (Fsp3) is 0.625. The zero-order valence-electron chi connectivity index (χ0n) is 11.4. The summed E-state index contributed by atoms with van der Waals surface area (Å²) in [5.74, 6) is 0.750. The van der Waals surface area contributed by atoms with Gasteiger partial charge in [-0.2, -0.15) is 0 Å². The second-order valence-corrected chi connectivity index (χ2v) is 6.43. The van der Waals surface area contributed by atoms with Crippen LogP contribution in [0.5, 0.6) is 0 Å². The lowest BCUT2D eigenvalue weighted by atomic mass is 9.81. The molecule has 1 aliphatic rings. The Morgan fingerprint density at radius 1 is 1.06 bits per heavy atom. The molecular formula is C16H25N. The summed E-state index contributed by atoms with van der Waals surface area (Å²) in [5.41, 5.74) is 10.1. The van der Waals surface area contributed by atoms with Crippen LogP contribution in [0, 0.1) is 0 Å². The van der Waals surface area contributed by atoms with E-state index in [-0.39, 0.29) is 5.41 Å². The van der Waals surface area contributed by atoms with Crippen molar-refractivity contribution < 1.29 is 0 Å². The molecule has 1 nitrogen and oxygen atoms in total. The average molecular weight is 231 g/mol. The van der Waals surface area contributed by atoms with Gasteiger partial charge >= 0.3 is 0 Å². The molecule has 17 heavy (non-hydrogen) atoms. The van der Waals surface area contributed by atoms with Gasteiger partial charge in [-0.1, -0.05) is 52.2 Å². The topological polar surface area (TPSA) is 26.0 Å². The largest absolute Gasteiger partial charge is 0.398 e. The van der Waals surface area contributed by atoms with E-state index in [4.69, 9.17) is 5.73 Å². The first-order valence-corrected chi connectivity index (χ1v) is 6.88. The van der Waals surface area contributed by atoms with Crippen LogP contribution in [-0.4, -0.2) is 0 Å². The van der Waals surface area contributed by atoms with Gasteiger partial charge in [0.25, 0.3) is 0 Å². The van der Waals surface area contributed by atoms with Gasteiger partial charge in [0, 0.05) is 5.69 Å². The third-order valence-electron chi connectivity index (χ3n) is 3.96. The lowest BCUT2D eigenvalue weighted by Crippen LogP contribution is -2.14. The van der Waals surface area contributed by atoms with Gasteiger partial charge in [-0.15, -0.1) is 0 Å². The average Bonchev–Trinajstić information content (AvgIpc) is 2.28. The molecule has 0 saturated heterocycles. The molecule has 0 aromatic heterocycles. The zero-order chi connectivity index (χ0) is 12.5. The Kier molecular flexibility index (Phi) is 3.46. The number of hydrogen-bond donors (Lipinski definition) is 1. The maximum atomic E-state index is 6.21. The third kappa shape index (κ3) is 2.83. The normalized spacial score (nSPS) is 18.3. The van der Waals surface area contributed by atoms with Crippen LogP contribution in [0.4, 0.5) is 5.69 Å². The van der Waals surface area contributed by atoms with Crippen molar-refractivity contribution in [1.82, 2.24) is 0 Å². The van der Waals surface area contributed by atoms with E-state index < -0.39 is 0 Å². The molecule has 2 rings (SSSR count).